The van der Waals surface area contributed by atoms with Crippen LogP contribution in [0.3, 0.4) is 0 Å². The summed E-state index contributed by atoms with van der Waals surface area (Å²) in [5, 5.41) is 14.0. The summed E-state index contributed by atoms with van der Waals surface area (Å²) in [7, 11) is 3.95. The van der Waals surface area contributed by atoms with E-state index in [-0.39, 0.29) is 0 Å². The van der Waals surface area contributed by atoms with Crippen molar-refractivity contribution >= 4 is 0 Å². The first-order chi connectivity index (χ1) is 8.66. The molecule has 0 bridgehead atoms. The second-order valence-corrected chi connectivity index (χ2v) is 4.59. The Morgan fingerprint density at radius 1 is 1.28 bits per heavy atom. The van der Waals surface area contributed by atoms with E-state index in [0.717, 1.165) is 17.8 Å². The Morgan fingerprint density at radius 2 is 2.00 bits per heavy atom. The predicted molar refractivity (Wildman–Crippen MR) is 70.1 cm³/mol. The molecule has 2 aromatic rings. The van der Waals surface area contributed by atoms with Crippen molar-refractivity contribution in [1.29, 1.82) is 0 Å². The largest absolute Gasteiger partial charge is 0.385 e. The average Bonchev–Trinajstić information content (AvgIpc) is 2.86. The number of benzene rings is 1. The Kier molecular flexibility index (Phi) is 4.12. The van der Waals surface area contributed by atoms with Gasteiger partial charge in [-0.05, 0) is 20.5 Å². The van der Waals surface area contributed by atoms with Gasteiger partial charge in [0.15, 0.2) is 5.76 Å². The maximum atomic E-state index is 9.97. The van der Waals surface area contributed by atoms with Crippen LogP contribution in [-0.4, -0.2) is 35.8 Å². The summed E-state index contributed by atoms with van der Waals surface area (Å²) in [5.74, 6) is 0.524. The highest BCUT2D eigenvalue weighted by Crippen LogP contribution is 2.23. The molecule has 0 radical (unpaired) electrons. The first-order valence-electron chi connectivity index (χ1n) is 6.01. The second-order valence-electron chi connectivity index (χ2n) is 4.59. The summed E-state index contributed by atoms with van der Waals surface area (Å²) >= 11 is 0. The van der Waals surface area contributed by atoms with E-state index in [1.54, 1.807) is 6.07 Å². The maximum Gasteiger partial charge on any atom is 0.165 e. The molecule has 0 aliphatic heterocycles. The number of aliphatic hydroxyl groups excluding tert-OH is 1. The molecule has 0 saturated heterocycles. The minimum Gasteiger partial charge on any atom is -0.385 e. The zero-order valence-electron chi connectivity index (χ0n) is 10.7. The van der Waals surface area contributed by atoms with Gasteiger partial charge < -0.3 is 14.5 Å². The highest BCUT2D eigenvalue weighted by Gasteiger charge is 2.14. The van der Waals surface area contributed by atoms with Gasteiger partial charge in [-0.2, -0.15) is 0 Å². The van der Waals surface area contributed by atoms with E-state index in [9.17, 15) is 5.11 Å². The Hall–Kier alpha value is -1.65. The van der Waals surface area contributed by atoms with E-state index in [4.69, 9.17) is 4.52 Å². The Bertz CT molecular complexity index is 480. The molecule has 1 aromatic carbocycles. The van der Waals surface area contributed by atoms with Crippen LogP contribution in [0.15, 0.2) is 40.9 Å². The molecule has 0 amide bonds. The second kappa shape index (κ2) is 5.80. The van der Waals surface area contributed by atoms with E-state index in [2.05, 4.69) is 5.16 Å². The molecule has 2 rings (SSSR count). The summed E-state index contributed by atoms with van der Waals surface area (Å²) in [6, 6.07) is 11.6. The molecular weight excluding hydrogens is 228 g/mol. The number of hydrogen-bond acceptors (Lipinski definition) is 4. The van der Waals surface area contributed by atoms with E-state index >= 15 is 0 Å². The van der Waals surface area contributed by atoms with E-state index in [0.29, 0.717) is 12.2 Å². The molecule has 0 spiro atoms. The van der Waals surface area contributed by atoms with Gasteiger partial charge >= 0.3 is 0 Å². The van der Waals surface area contributed by atoms with E-state index in [1.807, 2.05) is 49.3 Å². The van der Waals surface area contributed by atoms with Crippen LogP contribution in [0.1, 0.15) is 18.3 Å². The monoisotopic (exact) mass is 246 g/mol. The maximum absolute atomic E-state index is 9.97. The van der Waals surface area contributed by atoms with Crippen molar-refractivity contribution < 1.29 is 9.63 Å². The van der Waals surface area contributed by atoms with Gasteiger partial charge in [-0.3, -0.25) is 0 Å². The van der Waals surface area contributed by atoms with Crippen LogP contribution in [0.2, 0.25) is 0 Å². The van der Waals surface area contributed by atoms with Crippen molar-refractivity contribution in [1.82, 2.24) is 10.1 Å². The Balaban J connectivity index is 2.06. The SMILES string of the molecule is CN(C)CC[C@H](O)c1cc(-c2ccccc2)no1. The molecule has 0 saturated carbocycles. The number of hydrogen-bond donors (Lipinski definition) is 1. The summed E-state index contributed by atoms with van der Waals surface area (Å²) in [6.45, 7) is 0.808. The third kappa shape index (κ3) is 3.18. The summed E-state index contributed by atoms with van der Waals surface area (Å²) < 4.78 is 5.19. The quantitative estimate of drug-likeness (QED) is 0.879. The van der Waals surface area contributed by atoms with Crippen molar-refractivity contribution in [3.63, 3.8) is 0 Å². The van der Waals surface area contributed by atoms with Crippen LogP contribution >= 0.6 is 0 Å². The summed E-state index contributed by atoms with van der Waals surface area (Å²) in [5.41, 5.74) is 1.75. The highest BCUT2D eigenvalue weighted by molar-refractivity contribution is 5.58. The zero-order chi connectivity index (χ0) is 13.0. The molecule has 1 N–H and O–H groups in total. The standard InChI is InChI=1S/C14H18N2O2/c1-16(2)9-8-13(17)14-10-12(15-18-14)11-6-4-3-5-7-11/h3-7,10,13,17H,8-9H2,1-2H3/t13-/m0/s1. The Labute approximate surface area is 107 Å². The smallest absolute Gasteiger partial charge is 0.165 e. The van der Waals surface area contributed by atoms with Gasteiger partial charge in [-0.1, -0.05) is 35.5 Å². The van der Waals surface area contributed by atoms with Crippen LogP contribution in [0.25, 0.3) is 11.3 Å². The third-order valence-corrected chi connectivity index (χ3v) is 2.78. The topological polar surface area (TPSA) is 49.5 Å². The highest BCUT2D eigenvalue weighted by atomic mass is 16.5. The summed E-state index contributed by atoms with van der Waals surface area (Å²) in [6.07, 6.45) is 0.0357. The molecule has 18 heavy (non-hydrogen) atoms. The van der Waals surface area contributed by atoms with Gasteiger partial charge in [0, 0.05) is 18.2 Å². The number of aliphatic hydroxyl groups is 1. The molecule has 4 nitrogen and oxygen atoms in total. The van der Waals surface area contributed by atoms with Gasteiger partial charge in [0.2, 0.25) is 0 Å². The summed E-state index contributed by atoms with van der Waals surface area (Å²) in [4.78, 5) is 2.03. The third-order valence-electron chi connectivity index (χ3n) is 2.78. The molecular formula is C14H18N2O2. The van der Waals surface area contributed by atoms with Crippen molar-refractivity contribution in [2.24, 2.45) is 0 Å². The lowest BCUT2D eigenvalue weighted by Crippen LogP contribution is -2.15. The minimum absolute atomic E-state index is 0.524. The van der Waals surface area contributed by atoms with Crippen LogP contribution in [-0.2, 0) is 0 Å². The lowest BCUT2D eigenvalue weighted by atomic mass is 10.1. The number of rotatable bonds is 5. The van der Waals surface area contributed by atoms with Crippen LogP contribution in [0.5, 0.6) is 0 Å². The van der Waals surface area contributed by atoms with E-state index in [1.165, 1.54) is 0 Å². The van der Waals surface area contributed by atoms with Gasteiger partial charge in [0.1, 0.15) is 11.8 Å². The fraction of sp³-hybridized carbons (Fsp3) is 0.357. The van der Waals surface area contributed by atoms with Crippen LogP contribution in [0.4, 0.5) is 0 Å². The zero-order valence-corrected chi connectivity index (χ0v) is 10.7. The lowest BCUT2D eigenvalue weighted by molar-refractivity contribution is 0.121. The molecule has 1 heterocycles. The van der Waals surface area contributed by atoms with Crippen molar-refractivity contribution in [3.8, 4) is 11.3 Å². The normalized spacial score (nSPS) is 12.9. The average molecular weight is 246 g/mol. The molecule has 0 aliphatic rings. The molecule has 0 fully saturated rings. The molecule has 1 atom stereocenters. The fourth-order valence-electron chi connectivity index (χ4n) is 1.71. The van der Waals surface area contributed by atoms with Gasteiger partial charge in [0.25, 0.3) is 0 Å². The molecule has 96 valence electrons. The fourth-order valence-corrected chi connectivity index (χ4v) is 1.71. The van der Waals surface area contributed by atoms with Gasteiger partial charge in [-0.15, -0.1) is 0 Å². The van der Waals surface area contributed by atoms with Gasteiger partial charge in [-0.25, -0.2) is 0 Å². The van der Waals surface area contributed by atoms with Crippen molar-refractivity contribution in [3.05, 3.63) is 42.2 Å². The minimum atomic E-state index is -0.600. The molecule has 4 heteroatoms. The molecule has 0 aliphatic carbocycles. The first-order valence-corrected chi connectivity index (χ1v) is 6.01. The van der Waals surface area contributed by atoms with Crippen LogP contribution in [0, 0.1) is 0 Å². The number of aromatic nitrogens is 1. The van der Waals surface area contributed by atoms with Crippen molar-refractivity contribution in [2.75, 3.05) is 20.6 Å². The van der Waals surface area contributed by atoms with Crippen LogP contribution < -0.4 is 0 Å². The predicted octanol–water partition coefficient (Wildman–Crippen LogP) is 2.33. The lowest BCUT2D eigenvalue weighted by Gasteiger charge is -2.11. The molecule has 1 aromatic heterocycles. The Morgan fingerprint density at radius 3 is 2.67 bits per heavy atom. The van der Waals surface area contributed by atoms with E-state index < -0.39 is 6.10 Å². The first kappa shape index (κ1) is 12.8. The van der Waals surface area contributed by atoms with Gasteiger partial charge in [0.05, 0.1) is 0 Å². The van der Waals surface area contributed by atoms with Crippen molar-refractivity contribution in [2.45, 2.75) is 12.5 Å². The number of nitrogens with zero attached hydrogens (tertiary/aromatic N) is 2. The molecule has 0 unspecified atom stereocenters.